The minimum Gasteiger partial charge on any atom is -0.457 e. The van der Waals surface area contributed by atoms with Crippen molar-refractivity contribution >= 4 is 44.9 Å². The Kier molecular flexibility index (Phi) is 7.02. The molecule has 1 aliphatic heterocycles. The third kappa shape index (κ3) is 5.08. The van der Waals surface area contributed by atoms with Gasteiger partial charge in [-0.1, -0.05) is 22.9 Å². The van der Waals surface area contributed by atoms with Crippen LogP contribution in [0.1, 0.15) is 44.7 Å². The van der Waals surface area contributed by atoms with E-state index in [1.54, 1.807) is 23.1 Å². The SMILES string of the molecule is CCc1ccc(C(=O)COC(=O)C2CCN(C(=O)c3ccc(Br)cc3)CC2)s1. The Morgan fingerprint density at radius 2 is 1.79 bits per heavy atom. The summed E-state index contributed by atoms with van der Waals surface area (Å²) in [4.78, 5) is 40.5. The first-order chi connectivity index (χ1) is 13.5. The first-order valence-corrected chi connectivity index (χ1v) is 10.9. The molecule has 5 nitrogen and oxygen atoms in total. The molecule has 0 bridgehead atoms. The molecule has 7 heteroatoms. The molecule has 1 fully saturated rings. The van der Waals surface area contributed by atoms with Crippen molar-refractivity contribution < 1.29 is 19.1 Å². The number of carbonyl (C=O) groups excluding carboxylic acids is 3. The molecule has 1 aromatic carbocycles. The summed E-state index contributed by atoms with van der Waals surface area (Å²) >= 11 is 4.80. The van der Waals surface area contributed by atoms with Crippen molar-refractivity contribution in [3.63, 3.8) is 0 Å². The van der Waals surface area contributed by atoms with Crippen LogP contribution in [0.4, 0.5) is 0 Å². The van der Waals surface area contributed by atoms with Gasteiger partial charge in [0.1, 0.15) is 0 Å². The molecule has 2 heterocycles. The van der Waals surface area contributed by atoms with E-state index in [1.807, 2.05) is 25.1 Å². The van der Waals surface area contributed by atoms with Gasteiger partial charge in [0.15, 0.2) is 6.61 Å². The molecular weight excluding hydrogens is 442 g/mol. The number of nitrogens with zero attached hydrogens (tertiary/aromatic N) is 1. The van der Waals surface area contributed by atoms with Crippen LogP contribution in [0.5, 0.6) is 0 Å². The van der Waals surface area contributed by atoms with E-state index < -0.39 is 0 Å². The third-order valence-corrected chi connectivity index (χ3v) is 6.64. The number of aryl methyl sites for hydroxylation is 1. The highest BCUT2D eigenvalue weighted by atomic mass is 79.9. The fraction of sp³-hybridized carbons (Fsp3) is 0.381. The van der Waals surface area contributed by atoms with Gasteiger partial charge in [0, 0.05) is 28.0 Å². The number of benzene rings is 1. The zero-order chi connectivity index (χ0) is 20.1. The molecule has 28 heavy (non-hydrogen) atoms. The standard InChI is InChI=1S/C21H22BrNO4S/c1-2-17-7-8-19(28-17)18(24)13-27-21(26)15-9-11-23(12-10-15)20(25)14-3-5-16(22)6-4-14/h3-8,15H,2,9-13H2,1H3. The van der Waals surface area contributed by atoms with Gasteiger partial charge in [-0.25, -0.2) is 0 Å². The maximum absolute atomic E-state index is 12.5. The zero-order valence-corrected chi connectivity index (χ0v) is 18.1. The van der Waals surface area contributed by atoms with Crippen LogP contribution in [0.3, 0.4) is 0 Å². The van der Waals surface area contributed by atoms with Crippen molar-refractivity contribution in [3.8, 4) is 0 Å². The number of halogens is 1. The average molecular weight is 464 g/mol. The highest BCUT2D eigenvalue weighted by molar-refractivity contribution is 9.10. The first-order valence-electron chi connectivity index (χ1n) is 9.31. The predicted molar refractivity (Wildman–Crippen MR) is 112 cm³/mol. The van der Waals surface area contributed by atoms with Gasteiger partial charge in [-0.3, -0.25) is 14.4 Å². The normalized spacial score (nSPS) is 14.7. The Hall–Kier alpha value is -1.99. The first kappa shape index (κ1) is 20.7. The molecule has 0 aliphatic carbocycles. The summed E-state index contributed by atoms with van der Waals surface area (Å²) in [5, 5.41) is 0. The van der Waals surface area contributed by atoms with E-state index in [4.69, 9.17) is 4.74 Å². The molecule has 3 rings (SSSR count). The lowest BCUT2D eigenvalue weighted by molar-refractivity contribution is -0.148. The van der Waals surface area contributed by atoms with Crippen LogP contribution in [0.25, 0.3) is 0 Å². The van der Waals surface area contributed by atoms with E-state index in [1.165, 1.54) is 11.3 Å². The smallest absolute Gasteiger partial charge is 0.309 e. The number of hydrogen-bond acceptors (Lipinski definition) is 5. The quantitative estimate of drug-likeness (QED) is 0.471. The summed E-state index contributed by atoms with van der Waals surface area (Å²) in [6, 6.07) is 11.0. The fourth-order valence-corrected chi connectivity index (χ4v) is 4.27. The van der Waals surface area contributed by atoms with Crippen LogP contribution in [-0.4, -0.2) is 42.3 Å². The van der Waals surface area contributed by atoms with E-state index in [2.05, 4.69) is 15.9 Å². The summed E-state index contributed by atoms with van der Waals surface area (Å²) < 4.78 is 6.17. The Bertz CT molecular complexity index is 854. The largest absolute Gasteiger partial charge is 0.457 e. The molecule has 0 N–H and O–H groups in total. The second kappa shape index (κ2) is 9.47. The van der Waals surface area contributed by atoms with Crippen LogP contribution in [0, 0.1) is 5.92 Å². The number of likely N-dealkylation sites (tertiary alicyclic amines) is 1. The van der Waals surface area contributed by atoms with Gasteiger partial charge in [-0.15, -0.1) is 11.3 Å². The van der Waals surface area contributed by atoms with E-state index in [0.29, 0.717) is 36.4 Å². The van der Waals surface area contributed by atoms with Gasteiger partial charge in [-0.05, 0) is 55.7 Å². The van der Waals surface area contributed by atoms with Gasteiger partial charge in [0.2, 0.25) is 5.78 Å². The molecule has 0 unspecified atom stereocenters. The van der Waals surface area contributed by atoms with E-state index >= 15 is 0 Å². The molecule has 0 saturated carbocycles. The molecule has 2 aromatic rings. The Labute approximate surface area is 176 Å². The summed E-state index contributed by atoms with van der Waals surface area (Å²) in [5.41, 5.74) is 0.636. The highest BCUT2D eigenvalue weighted by Crippen LogP contribution is 2.22. The van der Waals surface area contributed by atoms with Crippen molar-refractivity contribution in [3.05, 3.63) is 56.2 Å². The number of Topliss-reactive ketones (excluding diaryl/α,β-unsaturated/α-hetero) is 1. The summed E-state index contributed by atoms with van der Waals surface area (Å²) in [5.74, 6) is -0.813. The lowest BCUT2D eigenvalue weighted by atomic mass is 9.96. The number of piperidine rings is 1. The van der Waals surface area contributed by atoms with Crippen LogP contribution < -0.4 is 0 Å². The molecular formula is C21H22BrNO4S. The van der Waals surface area contributed by atoms with Crippen LogP contribution >= 0.6 is 27.3 Å². The summed E-state index contributed by atoms with van der Waals surface area (Å²) in [7, 11) is 0. The molecule has 1 aromatic heterocycles. The number of esters is 1. The number of thiophene rings is 1. The minimum absolute atomic E-state index is 0.0288. The van der Waals surface area contributed by atoms with E-state index in [0.717, 1.165) is 15.8 Å². The molecule has 148 valence electrons. The minimum atomic E-state index is -0.351. The number of ether oxygens (including phenoxy) is 1. The van der Waals surface area contributed by atoms with Crippen molar-refractivity contribution in [2.45, 2.75) is 26.2 Å². The number of carbonyl (C=O) groups is 3. The highest BCUT2D eigenvalue weighted by Gasteiger charge is 2.29. The van der Waals surface area contributed by atoms with E-state index in [9.17, 15) is 14.4 Å². The lowest BCUT2D eigenvalue weighted by Crippen LogP contribution is -2.40. The molecule has 1 aliphatic rings. The second-order valence-corrected chi connectivity index (χ2v) is 8.81. The Morgan fingerprint density at radius 3 is 2.39 bits per heavy atom. The molecule has 1 amide bonds. The Balaban J connectivity index is 1.46. The van der Waals surface area contributed by atoms with Gasteiger partial charge in [0.05, 0.1) is 10.8 Å². The van der Waals surface area contributed by atoms with Crippen LogP contribution in [0.2, 0.25) is 0 Å². The average Bonchev–Trinajstić information content (AvgIpc) is 3.21. The number of amides is 1. The molecule has 1 saturated heterocycles. The van der Waals surface area contributed by atoms with Crippen LogP contribution in [0.15, 0.2) is 40.9 Å². The summed E-state index contributed by atoms with van der Waals surface area (Å²) in [6.45, 7) is 2.83. The molecule has 0 spiro atoms. The third-order valence-electron chi connectivity index (χ3n) is 4.84. The van der Waals surface area contributed by atoms with Gasteiger partial charge < -0.3 is 9.64 Å². The summed E-state index contributed by atoms with van der Waals surface area (Å²) in [6.07, 6.45) is 1.98. The second-order valence-electron chi connectivity index (χ2n) is 6.72. The van der Waals surface area contributed by atoms with Gasteiger partial charge in [0.25, 0.3) is 5.91 Å². The van der Waals surface area contributed by atoms with Crippen molar-refractivity contribution in [2.24, 2.45) is 5.92 Å². The Morgan fingerprint density at radius 1 is 1.11 bits per heavy atom. The molecule has 0 atom stereocenters. The van der Waals surface area contributed by atoms with Crippen molar-refractivity contribution in [1.82, 2.24) is 4.90 Å². The topological polar surface area (TPSA) is 63.7 Å². The van der Waals surface area contributed by atoms with E-state index in [-0.39, 0.29) is 30.2 Å². The zero-order valence-electron chi connectivity index (χ0n) is 15.7. The van der Waals surface area contributed by atoms with Gasteiger partial charge in [-0.2, -0.15) is 0 Å². The maximum Gasteiger partial charge on any atom is 0.309 e. The number of hydrogen-bond donors (Lipinski definition) is 0. The number of rotatable bonds is 6. The molecule has 0 radical (unpaired) electrons. The van der Waals surface area contributed by atoms with Crippen LogP contribution in [-0.2, 0) is 16.0 Å². The lowest BCUT2D eigenvalue weighted by Gasteiger charge is -2.31. The van der Waals surface area contributed by atoms with Gasteiger partial charge >= 0.3 is 5.97 Å². The van der Waals surface area contributed by atoms with Crippen molar-refractivity contribution in [2.75, 3.05) is 19.7 Å². The fourth-order valence-electron chi connectivity index (χ4n) is 3.14. The van der Waals surface area contributed by atoms with Crippen molar-refractivity contribution in [1.29, 1.82) is 0 Å². The number of ketones is 1. The monoisotopic (exact) mass is 463 g/mol. The predicted octanol–water partition coefficient (Wildman–Crippen LogP) is 4.35. The maximum atomic E-state index is 12.5.